The van der Waals surface area contributed by atoms with Crippen LogP contribution in [0.3, 0.4) is 0 Å². The first-order valence-corrected chi connectivity index (χ1v) is 19.5. The number of carboxylic acids is 1. The minimum atomic E-state index is -1.32. The van der Waals surface area contributed by atoms with Gasteiger partial charge in [-0.15, -0.1) is 11.3 Å². The Bertz CT molecular complexity index is 2160. The molecule has 5 N–H and O–H groups in total. The normalized spacial score (nSPS) is 18.8. The molecule has 2 aliphatic heterocycles. The molecule has 4 aromatic carbocycles. The number of thiophene rings is 1. The van der Waals surface area contributed by atoms with E-state index in [-0.39, 0.29) is 38.6 Å². The summed E-state index contributed by atoms with van der Waals surface area (Å²) in [7, 11) is 0. The van der Waals surface area contributed by atoms with Crippen molar-refractivity contribution >= 4 is 52.5 Å². The Morgan fingerprint density at radius 3 is 1.98 bits per heavy atom. The highest BCUT2D eigenvalue weighted by atomic mass is 32.1. The summed E-state index contributed by atoms with van der Waals surface area (Å²) in [6.45, 7) is -0.515. The first kappa shape index (κ1) is 40.1. The predicted octanol–water partition coefficient (Wildman–Crippen LogP) is 4.74. The van der Waals surface area contributed by atoms with Gasteiger partial charge in [0.1, 0.15) is 18.1 Å². The van der Waals surface area contributed by atoms with E-state index in [1.54, 1.807) is 48.5 Å². The Balaban J connectivity index is 1.35. The minimum absolute atomic E-state index is 0.0119. The number of carbonyl (C=O) groups excluding carboxylic acids is 5. The molecule has 57 heavy (non-hydrogen) atoms. The lowest BCUT2D eigenvalue weighted by atomic mass is 9.99. The molecule has 3 unspecified atom stereocenters. The predicted molar refractivity (Wildman–Crippen MR) is 217 cm³/mol. The fourth-order valence-corrected chi connectivity index (χ4v) is 7.29. The molecule has 0 saturated carbocycles. The van der Waals surface area contributed by atoms with Crippen molar-refractivity contribution in [2.24, 2.45) is 0 Å². The number of hydrogen-bond donors (Lipinski definition) is 5. The maximum absolute atomic E-state index is 14.8. The van der Waals surface area contributed by atoms with Crippen molar-refractivity contribution in [3.63, 3.8) is 0 Å². The SMILES string of the molecule is O=C1CCC(=O)NC(Cc2cccs2)C(=O)NC(Cc2ccc(-c3ccccc3)cc2)C(=O)N(Cc2ccccc2)CC(=O)NC(C(=O)O)Cc2ccc(cc2)N1. The number of nitrogens with one attached hydrogen (secondary N) is 4. The zero-order chi connectivity index (χ0) is 40.1. The molecule has 2 bridgehead atoms. The second kappa shape index (κ2) is 19.3. The number of carboxylic acid groups (broad SMARTS) is 1. The molecular weight excluding hydrogens is 743 g/mol. The fraction of sp³-hybridized carbons (Fsp3) is 0.227. The number of rotatable bonds is 8. The molecule has 0 spiro atoms. The van der Waals surface area contributed by atoms with Crippen molar-refractivity contribution in [3.8, 4) is 11.1 Å². The molecule has 292 valence electrons. The van der Waals surface area contributed by atoms with Gasteiger partial charge in [-0.05, 0) is 51.4 Å². The number of benzene rings is 4. The van der Waals surface area contributed by atoms with Gasteiger partial charge in [-0.25, -0.2) is 4.79 Å². The van der Waals surface area contributed by atoms with Gasteiger partial charge in [-0.3, -0.25) is 24.0 Å². The van der Waals surface area contributed by atoms with E-state index in [2.05, 4.69) is 21.3 Å². The Labute approximate surface area is 334 Å². The summed E-state index contributed by atoms with van der Waals surface area (Å²) in [5, 5.41) is 22.9. The average molecular weight is 786 g/mol. The standard InChI is InChI=1S/C44H43N5O7S/c50-39-21-22-40(51)46-36(26-35-12-7-23-57-35)42(53)48-37(24-29-13-17-33(18-14-29)32-10-5-2-6-11-32)43(54)49(27-31-8-3-1-4-9-31)28-41(52)47-38(44(55)56)25-30-15-19-34(45-39)20-16-30/h1-20,23,36-38H,21-22,24-28H2,(H,45,50)(H,46,51)(H,47,52)(H,48,53)(H,55,56). The second-order valence-electron chi connectivity index (χ2n) is 13.8. The van der Waals surface area contributed by atoms with E-state index in [0.29, 0.717) is 16.8 Å². The summed E-state index contributed by atoms with van der Waals surface area (Å²) in [6, 6.07) is 32.9. The van der Waals surface area contributed by atoms with E-state index in [1.807, 2.05) is 78.2 Å². The molecule has 1 aromatic heterocycles. The monoisotopic (exact) mass is 785 g/mol. The van der Waals surface area contributed by atoms with Gasteiger partial charge in [-0.2, -0.15) is 0 Å². The van der Waals surface area contributed by atoms with Crippen molar-refractivity contribution in [1.82, 2.24) is 20.9 Å². The molecule has 2 aliphatic rings. The van der Waals surface area contributed by atoms with Crippen LogP contribution in [0.5, 0.6) is 0 Å². The van der Waals surface area contributed by atoms with Crippen molar-refractivity contribution in [2.75, 3.05) is 11.9 Å². The molecule has 0 radical (unpaired) electrons. The highest BCUT2D eigenvalue weighted by Crippen LogP contribution is 2.21. The first-order chi connectivity index (χ1) is 27.6. The molecular formula is C44H43N5O7S. The van der Waals surface area contributed by atoms with E-state index in [9.17, 15) is 33.9 Å². The summed E-state index contributed by atoms with van der Waals surface area (Å²) in [4.78, 5) is 83.2. The third-order valence-electron chi connectivity index (χ3n) is 9.50. The number of amides is 5. The van der Waals surface area contributed by atoms with Crippen LogP contribution in [0.4, 0.5) is 5.69 Å². The third-order valence-corrected chi connectivity index (χ3v) is 10.4. The summed E-state index contributed by atoms with van der Waals surface area (Å²) in [5.74, 6) is -4.13. The van der Waals surface area contributed by atoms with Gasteiger partial charge in [0, 0.05) is 49.2 Å². The van der Waals surface area contributed by atoms with Crippen molar-refractivity contribution in [2.45, 2.75) is 56.8 Å². The number of anilines is 1. The summed E-state index contributed by atoms with van der Waals surface area (Å²) in [6.07, 6.45) is -0.256. The van der Waals surface area contributed by atoms with Crippen LogP contribution in [0.1, 0.15) is 34.4 Å². The maximum atomic E-state index is 14.8. The van der Waals surface area contributed by atoms with E-state index < -0.39 is 60.2 Å². The van der Waals surface area contributed by atoms with Crippen molar-refractivity contribution in [3.05, 3.63) is 148 Å². The molecule has 5 aromatic rings. The van der Waals surface area contributed by atoms with E-state index >= 15 is 0 Å². The van der Waals surface area contributed by atoms with Gasteiger partial charge in [-0.1, -0.05) is 103 Å². The summed E-state index contributed by atoms with van der Waals surface area (Å²) in [5.41, 5.74) is 4.43. The number of fused-ring (bicyclic) bond motifs is 18. The fourth-order valence-electron chi connectivity index (χ4n) is 6.54. The number of hydrogen-bond acceptors (Lipinski definition) is 7. The second-order valence-corrected chi connectivity index (χ2v) is 14.9. The topological polar surface area (TPSA) is 174 Å². The molecule has 0 fully saturated rings. The highest BCUT2D eigenvalue weighted by molar-refractivity contribution is 7.09. The van der Waals surface area contributed by atoms with Crippen LogP contribution in [0.15, 0.2) is 127 Å². The molecule has 3 atom stereocenters. The summed E-state index contributed by atoms with van der Waals surface area (Å²) >= 11 is 1.41. The van der Waals surface area contributed by atoms with Gasteiger partial charge in [0.05, 0.1) is 6.54 Å². The average Bonchev–Trinajstić information content (AvgIpc) is 3.73. The molecule has 5 amide bonds. The Hall–Kier alpha value is -6.60. The largest absolute Gasteiger partial charge is 0.480 e. The van der Waals surface area contributed by atoms with E-state index in [0.717, 1.165) is 21.6 Å². The lowest BCUT2D eigenvalue weighted by molar-refractivity contribution is -0.143. The zero-order valence-electron chi connectivity index (χ0n) is 31.1. The van der Waals surface area contributed by atoms with E-state index in [1.165, 1.54) is 16.2 Å². The highest BCUT2D eigenvalue weighted by Gasteiger charge is 2.32. The number of nitrogens with zero attached hydrogens (tertiary/aromatic N) is 1. The Morgan fingerprint density at radius 1 is 0.649 bits per heavy atom. The van der Waals surface area contributed by atoms with Crippen molar-refractivity contribution < 1.29 is 33.9 Å². The smallest absolute Gasteiger partial charge is 0.326 e. The lowest BCUT2D eigenvalue weighted by Crippen LogP contribution is -2.57. The molecule has 7 rings (SSSR count). The molecule has 13 heteroatoms. The lowest BCUT2D eigenvalue weighted by Gasteiger charge is -2.29. The molecule has 0 saturated heterocycles. The Kier molecular flexibility index (Phi) is 13.6. The van der Waals surface area contributed by atoms with Crippen LogP contribution < -0.4 is 21.3 Å². The van der Waals surface area contributed by atoms with Crippen molar-refractivity contribution in [1.29, 1.82) is 0 Å². The van der Waals surface area contributed by atoms with Crippen LogP contribution in [-0.2, 0) is 54.6 Å². The van der Waals surface area contributed by atoms with Crippen LogP contribution in [0, 0.1) is 0 Å². The zero-order valence-corrected chi connectivity index (χ0v) is 31.9. The third kappa shape index (κ3) is 11.7. The van der Waals surface area contributed by atoms with Gasteiger partial charge >= 0.3 is 5.97 Å². The summed E-state index contributed by atoms with van der Waals surface area (Å²) < 4.78 is 0. The molecule has 0 aliphatic carbocycles. The van der Waals surface area contributed by atoms with Gasteiger partial charge < -0.3 is 31.3 Å². The van der Waals surface area contributed by atoms with Gasteiger partial charge in [0.15, 0.2) is 0 Å². The van der Waals surface area contributed by atoms with Crippen LogP contribution >= 0.6 is 11.3 Å². The number of aliphatic carboxylic acids is 1. The quantitative estimate of drug-likeness (QED) is 0.141. The first-order valence-electron chi connectivity index (χ1n) is 18.6. The van der Waals surface area contributed by atoms with Crippen LogP contribution in [0.25, 0.3) is 11.1 Å². The Morgan fingerprint density at radius 2 is 1.32 bits per heavy atom. The molecule has 3 heterocycles. The van der Waals surface area contributed by atoms with E-state index in [4.69, 9.17) is 0 Å². The molecule has 12 nitrogen and oxygen atoms in total. The van der Waals surface area contributed by atoms with Crippen LogP contribution in [0.2, 0.25) is 0 Å². The number of carbonyl (C=O) groups is 6. The van der Waals surface area contributed by atoms with Gasteiger partial charge in [0.2, 0.25) is 29.5 Å². The minimum Gasteiger partial charge on any atom is -0.480 e. The van der Waals surface area contributed by atoms with Crippen LogP contribution in [-0.4, -0.2) is 70.2 Å². The van der Waals surface area contributed by atoms with Gasteiger partial charge in [0.25, 0.3) is 0 Å². The maximum Gasteiger partial charge on any atom is 0.326 e.